The number of benzene rings is 2. The third-order valence-electron chi connectivity index (χ3n) is 2.85. The molecule has 3 nitrogen and oxygen atoms in total. The number of hydrogen-bond donors (Lipinski definition) is 0. The molecule has 0 amide bonds. The summed E-state index contributed by atoms with van der Waals surface area (Å²) in [5, 5.41) is 0. The number of hydrogen-bond acceptors (Lipinski definition) is 3. The van der Waals surface area contributed by atoms with Crippen LogP contribution < -0.4 is 0 Å². The molecular formula is C17H18O3. The van der Waals surface area contributed by atoms with Gasteiger partial charge in [0, 0.05) is 0 Å². The molecule has 0 saturated heterocycles. The van der Waals surface area contributed by atoms with E-state index >= 15 is 0 Å². The number of rotatable bonds is 8. The summed E-state index contributed by atoms with van der Waals surface area (Å²) in [6, 6.07) is 19.6. The lowest BCUT2D eigenvalue weighted by Crippen LogP contribution is -2.21. The van der Waals surface area contributed by atoms with Crippen LogP contribution in [-0.2, 0) is 27.5 Å². The zero-order valence-electron chi connectivity index (χ0n) is 11.3. The first-order valence-corrected chi connectivity index (χ1v) is 6.61. The van der Waals surface area contributed by atoms with E-state index in [0.717, 1.165) is 17.4 Å². The molecule has 0 spiro atoms. The van der Waals surface area contributed by atoms with Crippen LogP contribution >= 0.6 is 0 Å². The van der Waals surface area contributed by atoms with Crippen LogP contribution in [0.4, 0.5) is 0 Å². The van der Waals surface area contributed by atoms with Crippen LogP contribution in [0.5, 0.6) is 0 Å². The molecule has 0 heterocycles. The first-order valence-electron chi connectivity index (χ1n) is 6.61. The molecule has 104 valence electrons. The third-order valence-corrected chi connectivity index (χ3v) is 2.85. The Hall–Kier alpha value is -1.97. The molecule has 0 N–H and O–H groups in total. The summed E-state index contributed by atoms with van der Waals surface area (Å²) >= 11 is 0. The zero-order chi connectivity index (χ0) is 14.0. The number of carbonyl (C=O) groups is 1. The molecule has 1 atom stereocenters. The van der Waals surface area contributed by atoms with Gasteiger partial charge in [0.05, 0.1) is 19.8 Å². The van der Waals surface area contributed by atoms with Gasteiger partial charge in [-0.3, -0.25) is 0 Å². The Labute approximate surface area is 119 Å². The summed E-state index contributed by atoms with van der Waals surface area (Å²) in [5.41, 5.74) is 2.13. The monoisotopic (exact) mass is 270 g/mol. The SMILES string of the molecule is O=CC(COCc1ccccc1)OCc1ccccc1. The lowest BCUT2D eigenvalue weighted by atomic mass is 10.2. The fourth-order valence-corrected chi connectivity index (χ4v) is 1.77. The molecular weight excluding hydrogens is 252 g/mol. The van der Waals surface area contributed by atoms with Gasteiger partial charge in [-0.2, -0.15) is 0 Å². The van der Waals surface area contributed by atoms with Gasteiger partial charge in [-0.1, -0.05) is 60.7 Å². The van der Waals surface area contributed by atoms with E-state index in [-0.39, 0.29) is 6.61 Å². The van der Waals surface area contributed by atoms with Crippen molar-refractivity contribution >= 4 is 6.29 Å². The lowest BCUT2D eigenvalue weighted by Gasteiger charge is -2.12. The highest BCUT2D eigenvalue weighted by molar-refractivity contribution is 5.56. The average molecular weight is 270 g/mol. The van der Waals surface area contributed by atoms with E-state index in [1.807, 2.05) is 60.7 Å². The van der Waals surface area contributed by atoms with Crippen LogP contribution in [0.3, 0.4) is 0 Å². The Bertz CT molecular complexity index is 496. The first kappa shape index (κ1) is 14.4. The maximum absolute atomic E-state index is 11.0. The minimum Gasteiger partial charge on any atom is -0.374 e. The van der Waals surface area contributed by atoms with Crippen molar-refractivity contribution in [3.8, 4) is 0 Å². The second kappa shape index (κ2) is 8.25. The molecule has 0 aliphatic rings. The Morgan fingerprint density at radius 1 is 0.850 bits per heavy atom. The van der Waals surface area contributed by atoms with Crippen molar-refractivity contribution in [2.75, 3.05) is 6.61 Å². The summed E-state index contributed by atoms with van der Waals surface area (Å²) < 4.78 is 11.0. The molecule has 3 heteroatoms. The number of ether oxygens (including phenoxy) is 2. The molecule has 0 saturated carbocycles. The van der Waals surface area contributed by atoms with E-state index in [4.69, 9.17) is 9.47 Å². The van der Waals surface area contributed by atoms with Crippen molar-refractivity contribution in [3.63, 3.8) is 0 Å². The van der Waals surface area contributed by atoms with Crippen molar-refractivity contribution in [2.45, 2.75) is 19.3 Å². The summed E-state index contributed by atoms with van der Waals surface area (Å²) in [7, 11) is 0. The molecule has 0 aromatic heterocycles. The van der Waals surface area contributed by atoms with Gasteiger partial charge in [0.15, 0.2) is 6.29 Å². The molecule has 20 heavy (non-hydrogen) atoms. The second-order valence-electron chi connectivity index (χ2n) is 4.47. The predicted octanol–water partition coefficient (Wildman–Crippen LogP) is 2.99. The third kappa shape index (κ3) is 4.96. The summed E-state index contributed by atoms with van der Waals surface area (Å²) in [4.78, 5) is 11.0. The van der Waals surface area contributed by atoms with E-state index in [1.54, 1.807) is 0 Å². The fraction of sp³-hybridized carbons (Fsp3) is 0.235. The van der Waals surface area contributed by atoms with Gasteiger partial charge in [0.1, 0.15) is 6.10 Å². The van der Waals surface area contributed by atoms with Crippen LogP contribution in [0.2, 0.25) is 0 Å². The van der Waals surface area contributed by atoms with Gasteiger partial charge in [0.25, 0.3) is 0 Å². The maximum Gasteiger partial charge on any atom is 0.151 e. The summed E-state index contributed by atoms with van der Waals surface area (Å²) in [6.07, 6.45) is 0.257. The second-order valence-corrected chi connectivity index (χ2v) is 4.47. The Kier molecular flexibility index (Phi) is 5.96. The minimum atomic E-state index is -0.529. The van der Waals surface area contributed by atoms with Crippen LogP contribution in [0.15, 0.2) is 60.7 Å². The highest BCUT2D eigenvalue weighted by Crippen LogP contribution is 2.05. The van der Waals surface area contributed by atoms with Crippen LogP contribution in [0, 0.1) is 0 Å². The number of aldehydes is 1. The van der Waals surface area contributed by atoms with E-state index < -0.39 is 6.10 Å². The summed E-state index contributed by atoms with van der Waals surface area (Å²) in [6.45, 7) is 1.17. The van der Waals surface area contributed by atoms with Crippen LogP contribution in [-0.4, -0.2) is 19.0 Å². The highest BCUT2D eigenvalue weighted by Gasteiger charge is 2.08. The molecule has 2 aromatic carbocycles. The van der Waals surface area contributed by atoms with E-state index in [1.165, 1.54) is 0 Å². The van der Waals surface area contributed by atoms with Crippen molar-refractivity contribution in [1.29, 1.82) is 0 Å². The van der Waals surface area contributed by atoms with E-state index in [2.05, 4.69) is 0 Å². The van der Waals surface area contributed by atoms with Gasteiger partial charge in [0.2, 0.25) is 0 Å². The first-order chi connectivity index (χ1) is 9.88. The molecule has 0 fully saturated rings. The van der Waals surface area contributed by atoms with Gasteiger partial charge in [-0.15, -0.1) is 0 Å². The minimum absolute atomic E-state index is 0.269. The standard InChI is InChI=1S/C17H18O3/c18-11-17(20-13-16-9-5-2-6-10-16)14-19-12-15-7-3-1-4-8-15/h1-11,17H,12-14H2. The van der Waals surface area contributed by atoms with Crippen molar-refractivity contribution in [2.24, 2.45) is 0 Å². The fourth-order valence-electron chi connectivity index (χ4n) is 1.77. The van der Waals surface area contributed by atoms with Crippen molar-refractivity contribution in [3.05, 3.63) is 71.8 Å². The average Bonchev–Trinajstić information content (AvgIpc) is 2.52. The van der Waals surface area contributed by atoms with Gasteiger partial charge >= 0.3 is 0 Å². The van der Waals surface area contributed by atoms with E-state index in [9.17, 15) is 4.79 Å². The highest BCUT2D eigenvalue weighted by atomic mass is 16.5. The molecule has 0 aliphatic heterocycles. The van der Waals surface area contributed by atoms with Gasteiger partial charge < -0.3 is 14.3 Å². The summed E-state index contributed by atoms with van der Waals surface area (Å²) in [5.74, 6) is 0. The maximum atomic E-state index is 11.0. The smallest absolute Gasteiger partial charge is 0.151 e. The Morgan fingerprint density at radius 3 is 1.95 bits per heavy atom. The normalized spacial score (nSPS) is 12.0. The predicted molar refractivity (Wildman–Crippen MR) is 77.2 cm³/mol. The molecule has 0 radical (unpaired) electrons. The van der Waals surface area contributed by atoms with Crippen LogP contribution in [0.25, 0.3) is 0 Å². The quantitative estimate of drug-likeness (QED) is 0.692. The molecule has 2 aromatic rings. The molecule has 2 rings (SSSR count). The Balaban J connectivity index is 1.71. The molecule has 1 unspecified atom stereocenters. The molecule has 0 aliphatic carbocycles. The Morgan fingerprint density at radius 2 is 1.40 bits per heavy atom. The lowest BCUT2D eigenvalue weighted by molar-refractivity contribution is -0.123. The number of carbonyl (C=O) groups excluding carboxylic acids is 1. The van der Waals surface area contributed by atoms with Crippen molar-refractivity contribution < 1.29 is 14.3 Å². The van der Waals surface area contributed by atoms with Crippen LogP contribution in [0.1, 0.15) is 11.1 Å². The molecule has 0 bridgehead atoms. The zero-order valence-corrected chi connectivity index (χ0v) is 11.3. The van der Waals surface area contributed by atoms with Crippen molar-refractivity contribution in [1.82, 2.24) is 0 Å². The van der Waals surface area contributed by atoms with E-state index in [0.29, 0.717) is 13.2 Å². The van der Waals surface area contributed by atoms with Gasteiger partial charge in [-0.25, -0.2) is 0 Å². The largest absolute Gasteiger partial charge is 0.374 e. The van der Waals surface area contributed by atoms with Gasteiger partial charge in [-0.05, 0) is 11.1 Å². The topological polar surface area (TPSA) is 35.5 Å².